The van der Waals surface area contributed by atoms with Crippen LogP contribution in [0.1, 0.15) is 37.9 Å². The van der Waals surface area contributed by atoms with Gasteiger partial charge in [-0.3, -0.25) is 24.6 Å². The second-order valence-electron chi connectivity index (χ2n) is 6.85. The van der Waals surface area contributed by atoms with Crippen LogP contribution in [0.5, 0.6) is 0 Å². The van der Waals surface area contributed by atoms with E-state index in [1.807, 2.05) is 0 Å². The number of non-ortho nitro benzene ring substituents is 1. The summed E-state index contributed by atoms with van der Waals surface area (Å²) in [6, 6.07) is 7.87. The van der Waals surface area contributed by atoms with Crippen molar-refractivity contribution in [1.29, 1.82) is 0 Å². The van der Waals surface area contributed by atoms with E-state index in [2.05, 4.69) is 0 Å². The summed E-state index contributed by atoms with van der Waals surface area (Å²) in [6.45, 7) is 0. The maximum atomic E-state index is 12.8. The Balaban J connectivity index is 1.63. The summed E-state index contributed by atoms with van der Waals surface area (Å²) in [6.07, 6.45) is 7.92. The number of carbonyl (C=O) groups excluding carboxylic acids is 2. The van der Waals surface area contributed by atoms with Crippen LogP contribution in [0.2, 0.25) is 0 Å². The van der Waals surface area contributed by atoms with Gasteiger partial charge in [0.05, 0.1) is 16.1 Å². The van der Waals surface area contributed by atoms with Gasteiger partial charge in [0.2, 0.25) is 0 Å². The average molecular weight is 398 g/mol. The molecule has 1 saturated carbocycles. The van der Waals surface area contributed by atoms with Crippen molar-refractivity contribution in [1.82, 2.24) is 4.90 Å². The number of nitro groups is 1. The summed E-state index contributed by atoms with van der Waals surface area (Å²) in [5.41, 5.74) is 1.22. The Bertz CT molecular complexity index is 974. The largest absolute Gasteiger partial charge is 0.464 e. The summed E-state index contributed by atoms with van der Waals surface area (Å²) in [5.74, 6) is 0.109. The molecule has 1 aliphatic carbocycles. The first-order chi connectivity index (χ1) is 13.5. The fraction of sp³-hybridized carbons (Fsp3) is 0.300. The van der Waals surface area contributed by atoms with E-state index in [-0.39, 0.29) is 22.9 Å². The van der Waals surface area contributed by atoms with Gasteiger partial charge in [0, 0.05) is 29.8 Å². The van der Waals surface area contributed by atoms with Crippen molar-refractivity contribution < 1.29 is 18.9 Å². The monoisotopic (exact) mass is 398 g/mol. The molecule has 2 amide bonds. The Morgan fingerprint density at radius 2 is 1.96 bits per heavy atom. The summed E-state index contributed by atoms with van der Waals surface area (Å²) in [4.78, 5) is 37.5. The van der Waals surface area contributed by atoms with Crippen LogP contribution in [0.25, 0.3) is 17.2 Å². The number of carbonyl (C=O) groups is 2. The lowest BCUT2D eigenvalue weighted by Crippen LogP contribution is -2.39. The molecule has 1 aromatic carbocycles. The Morgan fingerprint density at radius 1 is 1.18 bits per heavy atom. The highest BCUT2D eigenvalue weighted by atomic mass is 32.2. The normalized spacial score (nSPS) is 19.6. The van der Waals surface area contributed by atoms with Crippen LogP contribution in [0.15, 0.2) is 45.9 Å². The second kappa shape index (κ2) is 7.63. The quantitative estimate of drug-likeness (QED) is 0.398. The standard InChI is InChI=1S/C20H18N2O5S/c23-19-18(28-20(24)21(19)14-6-2-1-3-7-14)12-17-16(9-10-27-17)13-5-4-8-15(11-13)22(25)26/h4-5,8-12,14H,1-3,6-7H2/b18-12-. The third-order valence-corrected chi connectivity index (χ3v) is 5.97. The van der Waals surface area contributed by atoms with E-state index in [9.17, 15) is 19.7 Å². The van der Waals surface area contributed by atoms with Crippen LogP contribution in [-0.4, -0.2) is 27.0 Å². The van der Waals surface area contributed by atoms with Gasteiger partial charge in [0.25, 0.3) is 16.8 Å². The van der Waals surface area contributed by atoms with Crippen LogP contribution in [-0.2, 0) is 4.79 Å². The highest BCUT2D eigenvalue weighted by molar-refractivity contribution is 8.18. The van der Waals surface area contributed by atoms with E-state index in [4.69, 9.17) is 4.42 Å². The van der Waals surface area contributed by atoms with E-state index in [1.54, 1.807) is 24.3 Å². The molecule has 2 aromatic rings. The predicted octanol–water partition coefficient (Wildman–Crippen LogP) is 5.22. The summed E-state index contributed by atoms with van der Waals surface area (Å²) >= 11 is 0.916. The fourth-order valence-corrected chi connectivity index (χ4v) is 4.58. The van der Waals surface area contributed by atoms with Crippen molar-refractivity contribution >= 4 is 34.7 Å². The maximum Gasteiger partial charge on any atom is 0.293 e. The molecule has 2 heterocycles. The molecule has 2 aliphatic rings. The topological polar surface area (TPSA) is 93.7 Å². The SMILES string of the molecule is O=C1S/C(=C\c2occc2-c2cccc([N+](=O)[O-])c2)C(=O)N1C1CCCCC1. The molecule has 1 aromatic heterocycles. The number of amides is 2. The molecular formula is C20H18N2O5S. The third-order valence-electron chi connectivity index (χ3n) is 5.09. The molecule has 0 spiro atoms. The minimum absolute atomic E-state index is 0.0257. The number of thioether (sulfide) groups is 1. The van der Waals surface area contributed by atoms with Crippen molar-refractivity contribution in [3.8, 4) is 11.1 Å². The highest BCUT2D eigenvalue weighted by Crippen LogP contribution is 2.38. The van der Waals surface area contributed by atoms with Crippen molar-refractivity contribution in [2.75, 3.05) is 0 Å². The molecule has 28 heavy (non-hydrogen) atoms. The van der Waals surface area contributed by atoms with Gasteiger partial charge in [0.15, 0.2) is 0 Å². The molecule has 0 bridgehead atoms. The number of rotatable bonds is 4. The first kappa shape index (κ1) is 18.5. The second-order valence-corrected chi connectivity index (χ2v) is 7.84. The Morgan fingerprint density at radius 3 is 2.71 bits per heavy atom. The van der Waals surface area contributed by atoms with Gasteiger partial charge in [-0.15, -0.1) is 0 Å². The first-order valence-corrected chi connectivity index (χ1v) is 9.95. The zero-order valence-electron chi connectivity index (χ0n) is 15.0. The molecular weight excluding hydrogens is 380 g/mol. The Kier molecular flexibility index (Phi) is 5.04. The van der Waals surface area contributed by atoms with Crippen molar-refractivity contribution in [3.05, 3.63) is 57.4 Å². The lowest BCUT2D eigenvalue weighted by atomic mass is 9.94. The minimum Gasteiger partial charge on any atom is -0.464 e. The van der Waals surface area contributed by atoms with Gasteiger partial charge < -0.3 is 4.42 Å². The van der Waals surface area contributed by atoms with Crippen LogP contribution in [0, 0.1) is 10.1 Å². The van der Waals surface area contributed by atoms with Gasteiger partial charge in [0.1, 0.15) is 5.76 Å². The maximum absolute atomic E-state index is 12.8. The number of furan rings is 1. The van der Waals surface area contributed by atoms with Gasteiger partial charge in [-0.2, -0.15) is 0 Å². The van der Waals surface area contributed by atoms with E-state index < -0.39 is 4.92 Å². The number of benzene rings is 1. The minimum atomic E-state index is -0.460. The van der Waals surface area contributed by atoms with Gasteiger partial charge >= 0.3 is 0 Å². The smallest absolute Gasteiger partial charge is 0.293 e. The number of nitro benzene ring substituents is 1. The van der Waals surface area contributed by atoms with Gasteiger partial charge in [-0.25, -0.2) is 0 Å². The molecule has 2 fully saturated rings. The van der Waals surface area contributed by atoms with Gasteiger partial charge in [-0.1, -0.05) is 31.4 Å². The van der Waals surface area contributed by atoms with Gasteiger partial charge in [-0.05, 0) is 36.2 Å². The number of nitrogens with zero attached hydrogens (tertiary/aromatic N) is 2. The molecule has 4 rings (SSSR count). The summed E-state index contributed by atoms with van der Waals surface area (Å²) in [5, 5.41) is 10.8. The third kappa shape index (κ3) is 3.47. The number of hydrogen-bond acceptors (Lipinski definition) is 6. The van der Waals surface area contributed by atoms with Crippen LogP contribution in [0.4, 0.5) is 10.5 Å². The van der Waals surface area contributed by atoms with Crippen LogP contribution in [0.3, 0.4) is 0 Å². The Labute approximate surface area is 165 Å². The first-order valence-electron chi connectivity index (χ1n) is 9.14. The molecule has 0 unspecified atom stereocenters. The summed E-state index contributed by atoms with van der Waals surface area (Å²) < 4.78 is 5.50. The van der Waals surface area contributed by atoms with Crippen LogP contribution < -0.4 is 0 Å². The highest BCUT2D eigenvalue weighted by Gasteiger charge is 2.40. The van der Waals surface area contributed by atoms with Crippen molar-refractivity contribution in [2.24, 2.45) is 0 Å². The Hall–Kier alpha value is -2.87. The lowest BCUT2D eigenvalue weighted by molar-refractivity contribution is -0.384. The van der Waals surface area contributed by atoms with E-state index >= 15 is 0 Å². The molecule has 7 nitrogen and oxygen atoms in total. The van der Waals surface area contributed by atoms with E-state index in [0.717, 1.165) is 43.9 Å². The molecule has 1 saturated heterocycles. The molecule has 0 radical (unpaired) electrons. The fourth-order valence-electron chi connectivity index (χ4n) is 3.71. The zero-order valence-corrected chi connectivity index (χ0v) is 15.8. The van der Waals surface area contributed by atoms with Crippen molar-refractivity contribution in [3.63, 3.8) is 0 Å². The summed E-state index contributed by atoms with van der Waals surface area (Å²) in [7, 11) is 0. The van der Waals surface area contributed by atoms with Crippen molar-refractivity contribution in [2.45, 2.75) is 38.1 Å². The van der Waals surface area contributed by atoms with Crippen LogP contribution >= 0.6 is 11.8 Å². The molecule has 0 N–H and O–H groups in total. The lowest BCUT2D eigenvalue weighted by Gasteiger charge is -2.28. The molecule has 144 valence electrons. The number of hydrogen-bond donors (Lipinski definition) is 0. The predicted molar refractivity (Wildman–Crippen MR) is 105 cm³/mol. The van der Waals surface area contributed by atoms with E-state index in [0.29, 0.717) is 21.8 Å². The molecule has 8 heteroatoms. The number of imide groups is 1. The molecule has 1 aliphatic heterocycles. The zero-order chi connectivity index (χ0) is 19.7. The van der Waals surface area contributed by atoms with E-state index in [1.165, 1.54) is 23.3 Å². The molecule has 0 atom stereocenters. The average Bonchev–Trinajstić information content (AvgIpc) is 3.27.